The second kappa shape index (κ2) is 4.59. The quantitative estimate of drug-likeness (QED) is 0.837. The molecule has 2 rings (SSSR count). The number of hydrogen-bond acceptors (Lipinski definition) is 2. The van der Waals surface area contributed by atoms with Gasteiger partial charge in [0.1, 0.15) is 0 Å². The maximum atomic E-state index is 11.8. The summed E-state index contributed by atoms with van der Waals surface area (Å²) in [6, 6.07) is 9.45. The number of nitrogens with one attached hydrogen (secondary N) is 1. The Labute approximate surface area is 100 Å². The van der Waals surface area contributed by atoms with Crippen LogP contribution < -0.4 is 11.3 Å². The van der Waals surface area contributed by atoms with E-state index < -0.39 is 0 Å². The zero-order valence-electron chi connectivity index (χ0n) is 10.1. The molecule has 2 aromatic rings. The van der Waals surface area contributed by atoms with E-state index in [4.69, 9.17) is 5.73 Å². The zero-order valence-corrected chi connectivity index (χ0v) is 10.1. The Morgan fingerprint density at radius 1 is 1.41 bits per heavy atom. The third-order valence-electron chi connectivity index (χ3n) is 2.58. The van der Waals surface area contributed by atoms with Gasteiger partial charge in [-0.15, -0.1) is 0 Å². The molecule has 0 amide bonds. The van der Waals surface area contributed by atoms with Crippen LogP contribution >= 0.6 is 0 Å². The molecule has 0 aliphatic heterocycles. The van der Waals surface area contributed by atoms with E-state index in [2.05, 4.69) is 5.10 Å². The fourth-order valence-corrected chi connectivity index (χ4v) is 1.85. The molecule has 0 saturated heterocycles. The van der Waals surface area contributed by atoms with E-state index in [1.807, 2.05) is 38.1 Å². The molecule has 0 aliphatic rings. The fraction of sp³-hybridized carbons (Fsp3) is 0.308. The van der Waals surface area contributed by atoms with E-state index in [1.54, 1.807) is 10.7 Å². The standard InChI is InChI=1S/C13H17N3O/c1-9-4-3-5-12(6-9)16-13(17)8-11(15-16)7-10(2)14/h3-6,8,10,15H,7,14H2,1-2H3. The molecule has 1 aromatic heterocycles. The van der Waals surface area contributed by atoms with Crippen molar-refractivity contribution in [2.24, 2.45) is 5.73 Å². The number of aromatic nitrogens is 2. The lowest BCUT2D eigenvalue weighted by molar-refractivity contribution is 0.705. The number of benzene rings is 1. The number of nitrogens with zero attached hydrogens (tertiary/aromatic N) is 1. The second-order valence-electron chi connectivity index (χ2n) is 4.48. The predicted molar refractivity (Wildman–Crippen MR) is 68.5 cm³/mol. The predicted octanol–water partition coefficient (Wildman–Crippen LogP) is 1.36. The van der Waals surface area contributed by atoms with Crippen LogP contribution in [0.2, 0.25) is 0 Å². The molecule has 1 aromatic carbocycles. The molecule has 1 heterocycles. The van der Waals surface area contributed by atoms with Crippen molar-refractivity contribution in [3.63, 3.8) is 0 Å². The van der Waals surface area contributed by atoms with E-state index in [1.165, 1.54) is 0 Å². The first-order valence-electron chi connectivity index (χ1n) is 5.70. The normalized spacial score (nSPS) is 12.6. The fourth-order valence-electron chi connectivity index (χ4n) is 1.85. The van der Waals surface area contributed by atoms with Crippen molar-refractivity contribution >= 4 is 0 Å². The summed E-state index contributed by atoms with van der Waals surface area (Å²) in [5, 5.41) is 3.08. The summed E-state index contributed by atoms with van der Waals surface area (Å²) in [4.78, 5) is 11.8. The van der Waals surface area contributed by atoms with E-state index in [-0.39, 0.29) is 11.6 Å². The highest BCUT2D eigenvalue weighted by Gasteiger charge is 2.06. The van der Waals surface area contributed by atoms with Gasteiger partial charge in [0.2, 0.25) is 0 Å². The Kier molecular flexibility index (Phi) is 3.15. The molecule has 0 fully saturated rings. The monoisotopic (exact) mass is 231 g/mol. The molecule has 0 bridgehead atoms. The minimum atomic E-state index is -0.0498. The van der Waals surface area contributed by atoms with Gasteiger partial charge in [-0.05, 0) is 31.5 Å². The van der Waals surface area contributed by atoms with E-state index >= 15 is 0 Å². The number of hydrogen-bond donors (Lipinski definition) is 2. The van der Waals surface area contributed by atoms with Gasteiger partial charge in [0.15, 0.2) is 0 Å². The molecule has 4 nitrogen and oxygen atoms in total. The first-order valence-corrected chi connectivity index (χ1v) is 5.70. The third-order valence-corrected chi connectivity index (χ3v) is 2.58. The van der Waals surface area contributed by atoms with Crippen LogP contribution in [0.3, 0.4) is 0 Å². The summed E-state index contributed by atoms with van der Waals surface area (Å²) in [5.74, 6) is 0. The van der Waals surface area contributed by atoms with E-state index in [9.17, 15) is 4.79 Å². The Bertz CT molecular complexity index is 566. The van der Waals surface area contributed by atoms with Crippen molar-refractivity contribution < 1.29 is 0 Å². The van der Waals surface area contributed by atoms with Crippen LogP contribution in [0.5, 0.6) is 0 Å². The topological polar surface area (TPSA) is 63.8 Å². The summed E-state index contributed by atoms with van der Waals surface area (Å²) in [5.41, 5.74) is 8.51. The molecule has 3 N–H and O–H groups in total. The highest BCUT2D eigenvalue weighted by Crippen LogP contribution is 2.07. The number of H-pyrrole nitrogens is 1. The summed E-state index contributed by atoms with van der Waals surface area (Å²) in [6.45, 7) is 3.92. The SMILES string of the molecule is Cc1cccc(-n2[nH]c(CC(C)N)cc2=O)c1. The summed E-state index contributed by atoms with van der Waals surface area (Å²) < 4.78 is 1.55. The smallest absolute Gasteiger partial charge is 0.271 e. The van der Waals surface area contributed by atoms with Gasteiger partial charge in [-0.1, -0.05) is 12.1 Å². The first-order chi connectivity index (χ1) is 8.06. The van der Waals surface area contributed by atoms with Crippen molar-refractivity contribution in [3.05, 3.63) is 51.9 Å². The van der Waals surface area contributed by atoms with Gasteiger partial charge in [-0.2, -0.15) is 0 Å². The Balaban J connectivity index is 2.39. The number of aromatic amines is 1. The Hall–Kier alpha value is -1.81. The van der Waals surface area contributed by atoms with Crippen LogP contribution in [-0.4, -0.2) is 15.8 Å². The first kappa shape index (κ1) is 11.7. The lowest BCUT2D eigenvalue weighted by Crippen LogP contribution is -2.18. The van der Waals surface area contributed by atoms with Gasteiger partial charge in [-0.25, -0.2) is 4.68 Å². The molecule has 1 unspecified atom stereocenters. The molecule has 17 heavy (non-hydrogen) atoms. The van der Waals surface area contributed by atoms with Crippen molar-refractivity contribution in [2.75, 3.05) is 0 Å². The summed E-state index contributed by atoms with van der Waals surface area (Å²) in [7, 11) is 0. The minimum Gasteiger partial charge on any atom is -0.328 e. The largest absolute Gasteiger partial charge is 0.328 e. The van der Waals surface area contributed by atoms with Crippen molar-refractivity contribution in [3.8, 4) is 5.69 Å². The highest BCUT2D eigenvalue weighted by molar-refractivity contribution is 5.34. The van der Waals surface area contributed by atoms with E-state index in [0.717, 1.165) is 16.9 Å². The molecule has 1 atom stereocenters. The molecular formula is C13H17N3O. The van der Waals surface area contributed by atoms with E-state index in [0.29, 0.717) is 6.42 Å². The van der Waals surface area contributed by atoms with Crippen LogP contribution in [0.25, 0.3) is 5.69 Å². The number of nitrogens with two attached hydrogens (primary N) is 1. The van der Waals surface area contributed by atoms with Gasteiger partial charge < -0.3 is 5.73 Å². The average molecular weight is 231 g/mol. The molecule has 0 saturated carbocycles. The molecule has 0 spiro atoms. The van der Waals surface area contributed by atoms with Gasteiger partial charge >= 0.3 is 0 Å². The number of aryl methyl sites for hydroxylation is 1. The van der Waals surface area contributed by atoms with Crippen LogP contribution in [-0.2, 0) is 6.42 Å². The van der Waals surface area contributed by atoms with Gasteiger partial charge in [0.25, 0.3) is 5.56 Å². The van der Waals surface area contributed by atoms with Crippen molar-refractivity contribution in [1.29, 1.82) is 0 Å². The Morgan fingerprint density at radius 2 is 2.18 bits per heavy atom. The van der Waals surface area contributed by atoms with Gasteiger partial charge in [0.05, 0.1) is 5.69 Å². The highest BCUT2D eigenvalue weighted by atomic mass is 16.1. The third kappa shape index (κ3) is 2.65. The Morgan fingerprint density at radius 3 is 2.82 bits per heavy atom. The molecule has 4 heteroatoms. The zero-order chi connectivity index (χ0) is 12.4. The van der Waals surface area contributed by atoms with Crippen LogP contribution in [0.15, 0.2) is 35.1 Å². The molecule has 90 valence electrons. The van der Waals surface area contributed by atoms with Crippen LogP contribution in [0.1, 0.15) is 18.2 Å². The molecule has 0 radical (unpaired) electrons. The maximum Gasteiger partial charge on any atom is 0.271 e. The number of rotatable bonds is 3. The average Bonchev–Trinajstić information content (AvgIpc) is 2.58. The van der Waals surface area contributed by atoms with Crippen molar-refractivity contribution in [1.82, 2.24) is 9.78 Å². The molecular weight excluding hydrogens is 214 g/mol. The van der Waals surface area contributed by atoms with Crippen LogP contribution in [0.4, 0.5) is 0 Å². The second-order valence-corrected chi connectivity index (χ2v) is 4.48. The van der Waals surface area contributed by atoms with Crippen LogP contribution in [0, 0.1) is 6.92 Å². The summed E-state index contributed by atoms with van der Waals surface area (Å²) >= 11 is 0. The lowest BCUT2D eigenvalue weighted by Gasteiger charge is -2.04. The lowest BCUT2D eigenvalue weighted by atomic mass is 10.2. The maximum absolute atomic E-state index is 11.8. The van der Waals surface area contributed by atoms with Gasteiger partial charge in [0, 0.05) is 24.2 Å². The minimum absolute atomic E-state index is 0.0407. The summed E-state index contributed by atoms with van der Waals surface area (Å²) in [6.07, 6.45) is 0.675. The molecule has 0 aliphatic carbocycles. The van der Waals surface area contributed by atoms with Gasteiger partial charge in [-0.3, -0.25) is 9.89 Å². The van der Waals surface area contributed by atoms with Crippen molar-refractivity contribution in [2.45, 2.75) is 26.3 Å².